The Labute approximate surface area is 108 Å². The number of hydrogen-bond acceptors (Lipinski definition) is 6. The van der Waals surface area contributed by atoms with Gasteiger partial charge in [0.25, 0.3) is 0 Å². The topological polar surface area (TPSA) is 88.0 Å². The first-order valence-corrected chi connectivity index (χ1v) is 6.18. The highest BCUT2D eigenvalue weighted by atomic mass is 32.1. The molecule has 2 rings (SSSR count). The number of aryl methyl sites for hydroxylation is 1. The van der Waals surface area contributed by atoms with Gasteiger partial charge in [0.1, 0.15) is 17.2 Å². The van der Waals surface area contributed by atoms with E-state index in [0.717, 1.165) is 5.69 Å². The van der Waals surface area contributed by atoms with Gasteiger partial charge in [-0.25, -0.2) is 19.7 Å². The molecule has 0 aliphatic rings. The van der Waals surface area contributed by atoms with Crippen LogP contribution in [0.25, 0.3) is 0 Å². The molecule has 0 amide bonds. The molecule has 0 spiro atoms. The van der Waals surface area contributed by atoms with Gasteiger partial charge in [-0.2, -0.15) is 0 Å². The number of nitrogens with one attached hydrogen (secondary N) is 1. The van der Waals surface area contributed by atoms with E-state index in [-0.39, 0.29) is 11.7 Å². The Morgan fingerprint density at radius 2 is 2.28 bits per heavy atom. The summed E-state index contributed by atoms with van der Waals surface area (Å²) < 4.78 is 0. The molecular formula is C11H12N4O2S. The number of aromatic nitrogens is 3. The molecule has 6 nitrogen and oxygen atoms in total. The monoisotopic (exact) mass is 264 g/mol. The van der Waals surface area contributed by atoms with Crippen molar-refractivity contribution in [2.45, 2.75) is 19.9 Å². The van der Waals surface area contributed by atoms with Crippen LogP contribution >= 0.6 is 11.3 Å². The number of thiazole rings is 1. The Morgan fingerprint density at radius 3 is 2.89 bits per heavy atom. The van der Waals surface area contributed by atoms with Crippen molar-refractivity contribution in [3.63, 3.8) is 0 Å². The molecule has 1 unspecified atom stereocenters. The maximum absolute atomic E-state index is 10.7. The molecule has 18 heavy (non-hydrogen) atoms. The molecule has 0 aliphatic heterocycles. The minimum absolute atomic E-state index is 0.0718. The fourth-order valence-electron chi connectivity index (χ4n) is 1.40. The van der Waals surface area contributed by atoms with Gasteiger partial charge in [0.2, 0.25) is 0 Å². The van der Waals surface area contributed by atoms with E-state index >= 15 is 0 Å². The average Bonchev–Trinajstić information content (AvgIpc) is 2.78. The lowest BCUT2D eigenvalue weighted by Gasteiger charge is -2.11. The first-order valence-electron chi connectivity index (χ1n) is 5.30. The van der Waals surface area contributed by atoms with Crippen molar-refractivity contribution in [1.29, 1.82) is 0 Å². The maximum Gasteiger partial charge on any atom is 0.355 e. The number of aromatic carboxylic acids is 1. The highest BCUT2D eigenvalue weighted by Crippen LogP contribution is 2.21. The molecular weight excluding hydrogens is 252 g/mol. The molecule has 2 aromatic rings. The lowest BCUT2D eigenvalue weighted by atomic mass is 10.3. The first-order chi connectivity index (χ1) is 8.56. The van der Waals surface area contributed by atoms with Gasteiger partial charge in [-0.15, -0.1) is 11.3 Å². The van der Waals surface area contributed by atoms with E-state index in [9.17, 15) is 4.79 Å². The normalized spacial score (nSPS) is 12.1. The van der Waals surface area contributed by atoms with Gasteiger partial charge in [-0.1, -0.05) is 0 Å². The zero-order valence-electron chi connectivity index (χ0n) is 9.91. The Morgan fingerprint density at radius 1 is 1.50 bits per heavy atom. The van der Waals surface area contributed by atoms with Crippen LogP contribution in [0.3, 0.4) is 0 Å². The molecule has 0 bridgehead atoms. The Bertz CT molecular complexity index is 570. The molecule has 7 heteroatoms. The molecule has 94 valence electrons. The predicted octanol–water partition coefficient (Wildman–Crippen LogP) is 2.11. The van der Waals surface area contributed by atoms with Crippen LogP contribution in [0.2, 0.25) is 0 Å². The molecule has 2 aromatic heterocycles. The largest absolute Gasteiger partial charge is 0.476 e. The molecule has 0 fully saturated rings. The fourth-order valence-corrected chi connectivity index (χ4v) is 2.20. The van der Waals surface area contributed by atoms with Crippen LogP contribution in [0.15, 0.2) is 17.8 Å². The van der Waals surface area contributed by atoms with Crippen LogP contribution in [-0.2, 0) is 0 Å². The van der Waals surface area contributed by atoms with Crippen molar-refractivity contribution in [2.75, 3.05) is 5.32 Å². The Balaban J connectivity index is 2.11. The van der Waals surface area contributed by atoms with Crippen LogP contribution in [-0.4, -0.2) is 26.0 Å². The second-order valence-corrected chi connectivity index (χ2v) is 4.68. The Kier molecular flexibility index (Phi) is 3.52. The van der Waals surface area contributed by atoms with Crippen molar-refractivity contribution < 1.29 is 9.90 Å². The van der Waals surface area contributed by atoms with E-state index in [4.69, 9.17) is 5.11 Å². The standard InChI is InChI=1S/C11H12N4O2S/c1-6-3-9(13-5-12-6)14-7(2)10-15-8(4-18-10)11(16)17/h3-5,7H,1-2H3,(H,16,17)(H,12,13,14). The quantitative estimate of drug-likeness (QED) is 0.879. The summed E-state index contributed by atoms with van der Waals surface area (Å²) >= 11 is 1.31. The number of rotatable bonds is 4. The number of anilines is 1. The molecule has 0 saturated heterocycles. The maximum atomic E-state index is 10.7. The van der Waals surface area contributed by atoms with Gasteiger partial charge < -0.3 is 10.4 Å². The van der Waals surface area contributed by atoms with Crippen LogP contribution in [0.1, 0.15) is 34.2 Å². The summed E-state index contributed by atoms with van der Waals surface area (Å²) in [6.45, 7) is 3.78. The summed E-state index contributed by atoms with van der Waals surface area (Å²) in [6, 6.07) is 1.72. The van der Waals surface area contributed by atoms with Crippen LogP contribution in [0, 0.1) is 6.92 Å². The SMILES string of the molecule is Cc1cc(NC(C)c2nc(C(=O)O)cs2)ncn1. The molecule has 1 atom stereocenters. The smallest absolute Gasteiger partial charge is 0.355 e. The number of carbonyl (C=O) groups is 1. The van der Waals surface area contributed by atoms with Crippen molar-refractivity contribution in [3.8, 4) is 0 Å². The Hall–Kier alpha value is -2.02. The van der Waals surface area contributed by atoms with Gasteiger partial charge in [-0.3, -0.25) is 0 Å². The van der Waals surface area contributed by atoms with Crippen LogP contribution < -0.4 is 5.32 Å². The van der Waals surface area contributed by atoms with Gasteiger partial charge in [0.05, 0.1) is 6.04 Å². The van der Waals surface area contributed by atoms with E-state index in [1.165, 1.54) is 23.0 Å². The minimum Gasteiger partial charge on any atom is -0.476 e. The first kappa shape index (κ1) is 12.4. The summed E-state index contributed by atoms with van der Waals surface area (Å²) in [5, 5.41) is 14.2. The highest BCUT2D eigenvalue weighted by Gasteiger charge is 2.14. The number of carboxylic acid groups (broad SMARTS) is 1. The number of carboxylic acids is 1. The van der Waals surface area contributed by atoms with E-state index < -0.39 is 5.97 Å². The molecule has 0 aromatic carbocycles. The zero-order chi connectivity index (χ0) is 13.1. The molecule has 0 aliphatic carbocycles. The summed E-state index contributed by atoms with van der Waals surface area (Å²) in [5.74, 6) is -0.315. The molecule has 0 radical (unpaired) electrons. The third kappa shape index (κ3) is 2.80. The summed E-state index contributed by atoms with van der Waals surface area (Å²) in [7, 11) is 0. The molecule has 2 N–H and O–H groups in total. The van der Waals surface area contributed by atoms with E-state index in [0.29, 0.717) is 10.8 Å². The third-order valence-electron chi connectivity index (χ3n) is 2.28. The highest BCUT2D eigenvalue weighted by molar-refractivity contribution is 7.09. The summed E-state index contributed by atoms with van der Waals surface area (Å²) in [6.07, 6.45) is 1.48. The lowest BCUT2D eigenvalue weighted by Crippen LogP contribution is -2.08. The molecule has 0 saturated carbocycles. The second kappa shape index (κ2) is 5.09. The van der Waals surface area contributed by atoms with Gasteiger partial charge in [0, 0.05) is 17.1 Å². The number of nitrogens with zero attached hydrogens (tertiary/aromatic N) is 3. The van der Waals surface area contributed by atoms with Crippen molar-refractivity contribution >= 4 is 23.1 Å². The van der Waals surface area contributed by atoms with Crippen molar-refractivity contribution in [3.05, 3.63) is 34.2 Å². The minimum atomic E-state index is -1.01. The van der Waals surface area contributed by atoms with Gasteiger partial charge >= 0.3 is 5.97 Å². The second-order valence-electron chi connectivity index (χ2n) is 3.79. The lowest BCUT2D eigenvalue weighted by molar-refractivity contribution is 0.0691. The van der Waals surface area contributed by atoms with Gasteiger partial charge in [-0.05, 0) is 13.8 Å². The summed E-state index contributed by atoms with van der Waals surface area (Å²) in [4.78, 5) is 22.9. The van der Waals surface area contributed by atoms with Crippen LogP contribution in [0.4, 0.5) is 5.82 Å². The number of hydrogen-bond donors (Lipinski definition) is 2. The summed E-state index contributed by atoms with van der Waals surface area (Å²) in [5.41, 5.74) is 0.938. The van der Waals surface area contributed by atoms with Gasteiger partial charge in [0.15, 0.2) is 5.69 Å². The van der Waals surface area contributed by atoms with Crippen molar-refractivity contribution in [2.24, 2.45) is 0 Å². The van der Waals surface area contributed by atoms with E-state index in [1.807, 2.05) is 19.9 Å². The van der Waals surface area contributed by atoms with Crippen molar-refractivity contribution in [1.82, 2.24) is 15.0 Å². The molecule has 2 heterocycles. The average molecular weight is 264 g/mol. The zero-order valence-corrected chi connectivity index (χ0v) is 10.7. The third-order valence-corrected chi connectivity index (χ3v) is 3.31. The van der Waals surface area contributed by atoms with E-state index in [1.54, 1.807) is 0 Å². The van der Waals surface area contributed by atoms with Crippen LogP contribution in [0.5, 0.6) is 0 Å². The van der Waals surface area contributed by atoms with E-state index in [2.05, 4.69) is 20.3 Å². The fraction of sp³-hybridized carbons (Fsp3) is 0.273. The predicted molar refractivity (Wildman–Crippen MR) is 67.9 cm³/mol.